The van der Waals surface area contributed by atoms with Crippen LogP contribution in [0.1, 0.15) is 6.42 Å². The lowest BCUT2D eigenvalue weighted by Gasteiger charge is -1.98. The molecule has 0 bridgehead atoms. The Bertz CT molecular complexity index is 99.1. The summed E-state index contributed by atoms with van der Waals surface area (Å²) in [5.74, 6) is -0.627. The van der Waals surface area contributed by atoms with Crippen molar-refractivity contribution in [3.63, 3.8) is 0 Å². The molecule has 0 aromatic carbocycles. The molecule has 54 valence electrons. The summed E-state index contributed by atoms with van der Waals surface area (Å²) < 4.78 is 0. The van der Waals surface area contributed by atoms with E-state index in [4.69, 9.17) is 10.2 Å². The van der Waals surface area contributed by atoms with Gasteiger partial charge in [0.05, 0.1) is 0 Å². The smallest absolute Gasteiger partial charge is 0.271 e. The van der Waals surface area contributed by atoms with Gasteiger partial charge in [-0.2, -0.15) is 0 Å². The lowest BCUT2D eigenvalue weighted by molar-refractivity contribution is 0.189. The molecule has 0 heterocycles. The minimum Gasteiger partial charge on any atom is -0.481 e. The fourth-order valence-corrected chi connectivity index (χ4v) is 1.92. The van der Waals surface area contributed by atoms with Gasteiger partial charge in [-0.05, 0) is 6.42 Å². The predicted octanol–water partition coefficient (Wildman–Crippen LogP) is 2.49. The summed E-state index contributed by atoms with van der Waals surface area (Å²) in [6.45, 7) is 0. The Kier molecular flexibility index (Phi) is 5.28. The van der Waals surface area contributed by atoms with Gasteiger partial charge in [-0.15, -0.1) is 0 Å². The van der Waals surface area contributed by atoms with Crippen LogP contribution in [-0.4, -0.2) is 20.4 Å². The highest BCUT2D eigenvalue weighted by Gasteiger charge is 1.98. The van der Waals surface area contributed by atoms with Crippen molar-refractivity contribution in [3.8, 4) is 0 Å². The number of alkyl halides is 2. The molecule has 4 heteroatoms. The molecule has 0 saturated carbocycles. The van der Waals surface area contributed by atoms with Crippen LogP contribution in [0.3, 0.4) is 0 Å². The van der Waals surface area contributed by atoms with E-state index in [-0.39, 0.29) is 4.83 Å². The zero-order chi connectivity index (χ0) is 7.28. The van der Waals surface area contributed by atoms with Gasteiger partial charge in [-0.25, -0.2) is 0 Å². The van der Waals surface area contributed by atoms with Gasteiger partial charge in [0.2, 0.25) is 0 Å². The largest absolute Gasteiger partial charge is 0.481 e. The molecule has 0 radical (unpaired) electrons. The number of aliphatic hydroxyl groups is 2. The maximum absolute atomic E-state index is 8.32. The fraction of sp³-hybridized carbons (Fsp3) is 0.600. The van der Waals surface area contributed by atoms with Crippen LogP contribution in [0.5, 0.6) is 0 Å². The van der Waals surface area contributed by atoms with Crippen molar-refractivity contribution in [2.45, 2.75) is 11.2 Å². The SMILES string of the molecule is OC(O)=CC(Br)CCBr. The molecule has 0 saturated heterocycles. The lowest BCUT2D eigenvalue weighted by atomic mass is 10.3. The monoisotopic (exact) mass is 258 g/mol. The highest BCUT2D eigenvalue weighted by atomic mass is 79.9. The highest BCUT2D eigenvalue weighted by molar-refractivity contribution is 9.10. The minimum atomic E-state index is -0.627. The average Bonchev–Trinajstić information content (AvgIpc) is 1.63. The molecule has 0 amide bonds. The first-order chi connectivity index (χ1) is 4.16. The van der Waals surface area contributed by atoms with Gasteiger partial charge in [0.1, 0.15) is 0 Å². The number of allylic oxidation sites excluding steroid dienone is 1. The molecule has 0 aliphatic heterocycles. The Morgan fingerprint density at radius 3 is 2.44 bits per heavy atom. The van der Waals surface area contributed by atoms with E-state index in [0.29, 0.717) is 0 Å². The van der Waals surface area contributed by atoms with Crippen LogP contribution in [0.15, 0.2) is 12.0 Å². The van der Waals surface area contributed by atoms with E-state index in [1.165, 1.54) is 6.08 Å². The molecule has 0 rings (SSSR count). The molecule has 0 aliphatic rings. The summed E-state index contributed by atoms with van der Waals surface area (Å²) in [6, 6.07) is 0. The minimum absolute atomic E-state index is 0.0434. The van der Waals surface area contributed by atoms with Gasteiger partial charge in [0, 0.05) is 16.2 Å². The molecule has 0 aromatic rings. The second-order valence-electron chi connectivity index (χ2n) is 1.52. The van der Waals surface area contributed by atoms with Crippen LogP contribution in [0, 0.1) is 0 Å². The third-order valence-electron chi connectivity index (χ3n) is 0.715. The van der Waals surface area contributed by atoms with Crippen molar-refractivity contribution < 1.29 is 10.2 Å². The first kappa shape index (κ1) is 9.30. The zero-order valence-electron chi connectivity index (χ0n) is 4.72. The maximum atomic E-state index is 8.32. The predicted molar refractivity (Wildman–Crippen MR) is 44.5 cm³/mol. The number of hydrogen-bond acceptors (Lipinski definition) is 2. The van der Waals surface area contributed by atoms with Crippen LogP contribution in [-0.2, 0) is 0 Å². The molecule has 0 fully saturated rings. The summed E-state index contributed by atoms with van der Waals surface area (Å²) in [4.78, 5) is 0.0434. The second-order valence-corrected chi connectivity index (χ2v) is 3.49. The third-order valence-corrected chi connectivity index (χ3v) is 1.89. The van der Waals surface area contributed by atoms with Crippen molar-refractivity contribution in [1.29, 1.82) is 0 Å². The van der Waals surface area contributed by atoms with Crippen LogP contribution in [0.25, 0.3) is 0 Å². The number of rotatable bonds is 3. The Balaban J connectivity index is 3.49. The van der Waals surface area contributed by atoms with Gasteiger partial charge in [-0.3, -0.25) is 0 Å². The Morgan fingerprint density at radius 2 is 2.11 bits per heavy atom. The molecule has 9 heavy (non-hydrogen) atoms. The van der Waals surface area contributed by atoms with Crippen LogP contribution >= 0.6 is 31.9 Å². The van der Waals surface area contributed by atoms with Gasteiger partial charge >= 0.3 is 0 Å². The molecule has 1 unspecified atom stereocenters. The summed E-state index contributed by atoms with van der Waals surface area (Å²) in [6.07, 6.45) is 2.17. The number of halogens is 2. The standard InChI is InChI=1S/C5H8Br2O2/c6-2-1-4(7)3-5(8)9/h3-4,8-9H,1-2H2. The Hall–Kier alpha value is 0.300. The molecule has 0 spiro atoms. The first-order valence-electron chi connectivity index (χ1n) is 2.46. The molecule has 0 aromatic heterocycles. The van der Waals surface area contributed by atoms with E-state index in [0.717, 1.165) is 11.8 Å². The van der Waals surface area contributed by atoms with Gasteiger partial charge < -0.3 is 10.2 Å². The van der Waals surface area contributed by atoms with Gasteiger partial charge in [0.25, 0.3) is 5.95 Å². The van der Waals surface area contributed by atoms with Gasteiger partial charge in [-0.1, -0.05) is 31.9 Å². The second kappa shape index (κ2) is 5.11. The molecular weight excluding hydrogens is 252 g/mol. The molecule has 2 nitrogen and oxygen atoms in total. The van der Waals surface area contributed by atoms with Crippen LogP contribution in [0.4, 0.5) is 0 Å². The number of hydrogen-bond donors (Lipinski definition) is 2. The van der Waals surface area contributed by atoms with Crippen molar-refractivity contribution >= 4 is 31.9 Å². The van der Waals surface area contributed by atoms with E-state index in [2.05, 4.69) is 31.9 Å². The highest BCUT2D eigenvalue weighted by Crippen LogP contribution is 2.09. The quantitative estimate of drug-likeness (QED) is 0.604. The zero-order valence-corrected chi connectivity index (χ0v) is 7.89. The lowest BCUT2D eigenvalue weighted by Crippen LogP contribution is -1.94. The first-order valence-corrected chi connectivity index (χ1v) is 4.50. The van der Waals surface area contributed by atoms with Crippen molar-refractivity contribution in [2.75, 3.05) is 5.33 Å². The summed E-state index contributed by atoms with van der Waals surface area (Å²) in [7, 11) is 0. The summed E-state index contributed by atoms with van der Waals surface area (Å²) in [5.41, 5.74) is 0. The van der Waals surface area contributed by atoms with E-state index in [9.17, 15) is 0 Å². The summed E-state index contributed by atoms with van der Waals surface area (Å²) in [5, 5.41) is 17.5. The summed E-state index contributed by atoms with van der Waals surface area (Å²) >= 11 is 6.43. The normalized spacial score (nSPS) is 12.7. The topological polar surface area (TPSA) is 40.5 Å². The van der Waals surface area contributed by atoms with Crippen LogP contribution < -0.4 is 0 Å². The maximum Gasteiger partial charge on any atom is 0.271 e. The average molecular weight is 260 g/mol. The van der Waals surface area contributed by atoms with Crippen molar-refractivity contribution in [2.24, 2.45) is 0 Å². The van der Waals surface area contributed by atoms with E-state index in [1.54, 1.807) is 0 Å². The third kappa shape index (κ3) is 6.18. The van der Waals surface area contributed by atoms with E-state index < -0.39 is 5.95 Å². The molecule has 1 atom stereocenters. The number of aliphatic hydroxyl groups excluding tert-OH is 1. The fourth-order valence-electron chi connectivity index (χ4n) is 0.349. The van der Waals surface area contributed by atoms with Crippen LogP contribution in [0.2, 0.25) is 0 Å². The van der Waals surface area contributed by atoms with Crippen molar-refractivity contribution in [3.05, 3.63) is 12.0 Å². The van der Waals surface area contributed by atoms with E-state index >= 15 is 0 Å². The van der Waals surface area contributed by atoms with Crippen molar-refractivity contribution in [1.82, 2.24) is 0 Å². The molecule has 0 aliphatic carbocycles. The molecular formula is C5H8Br2O2. The van der Waals surface area contributed by atoms with E-state index in [1.807, 2.05) is 0 Å². The van der Waals surface area contributed by atoms with Gasteiger partial charge in [0.15, 0.2) is 0 Å². The Labute approximate surface area is 70.8 Å². The molecule has 2 N–H and O–H groups in total. The Morgan fingerprint density at radius 1 is 1.56 bits per heavy atom.